The summed E-state index contributed by atoms with van der Waals surface area (Å²) in [5, 5.41) is 5.26. The maximum Gasteiger partial charge on any atom is 0.162 e. The SMILES string of the molecule is Cc1cnc2c(-c3cc(C)nc4cc(F)ccc34)cnn2c1. The molecule has 0 aliphatic heterocycles. The number of hydrogen-bond acceptors (Lipinski definition) is 3. The number of fused-ring (bicyclic) bond motifs is 2. The first kappa shape index (κ1) is 12.9. The molecular formula is C17H13FN4. The predicted molar refractivity (Wildman–Crippen MR) is 83.2 cm³/mol. The van der Waals surface area contributed by atoms with E-state index in [9.17, 15) is 4.39 Å². The van der Waals surface area contributed by atoms with Crippen molar-refractivity contribution in [2.24, 2.45) is 0 Å². The van der Waals surface area contributed by atoms with Crippen molar-refractivity contribution in [3.63, 3.8) is 0 Å². The molecule has 4 rings (SSSR count). The maximum absolute atomic E-state index is 13.5. The molecule has 5 heteroatoms. The Balaban J connectivity index is 2.07. The van der Waals surface area contributed by atoms with E-state index in [1.165, 1.54) is 12.1 Å². The number of pyridine rings is 1. The molecule has 0 unspecified atom stereocenters. The van der Waals surface area contributed by atoms with Crippen molar-refractivity contribution < 1.29 is 4.39 Å². The van der Waals surface area contributed by atoms with Crippen molar-refractivity contribution >= 4 is 16.6 Å². The number of rotatable bonds is 1. The second kappa shape index (κ2) is 4.59. The summed E-state index contributed by atoms with van der Waals surface area (Å²) in [6.45, 7) is 3.87. The van der Waals surface area contributed by atoms with Gasteiger partial charge in [-0.2, -0.15) is 5.10 Å². The van der Waals surface area contributed by atoms with E-state index in [-0.39, 0.29) is 5.82 Å². The molecule has 22 heavy (non-hydrogen) atoms. The molecule has 0 bridgehead atoms. The molecule has 3 heterocycles. The highest BCUT2D eigenvalue weighted by Crippen LogP contribution is 2.31. The third-order valence-electron chi connectivity index (χ3n) is 3.68. The molecule has 0 amide bonds. The molecular weight excluding hydrogens is 279 g/mol. The zero-order valence-electron chi connectivity index (χ0n) is 12.2. The Morgan fingerprint density at radius 3 is 2.77 bits per heavy atom. The third kappa shape index (κ3) is 1.94. The molecule has 0 atom stereocenters. The van der Waals surface area contributed by atoms with Crippen LogP contribution in [0.2, 0.25) is 0 Å². The minimum Gasteiger partial charge on any atom is -0.253 e. The van der Waals surface area contributed by atoms with Gasteiger partial charge < -0.3 is 0 Å². The lowest BCUT2D eigenvalue weighted by atomic mass is 10.0. The van der Waals surface area contributed by atoms with Gasteiger partial charge in [-0.3, -0.25) is 4.98 Å². The summed E-state index contributed by atoms with van der Waals surface area (Å²) in [5.74, 6) is -0.287. The van der Waals surface area contributed by atoms with Gasteiger partial charge in [0.1, 0.15) is 5.82 Å². The highest BCUT2D eigenvalue weighted by molar-refractivity contribution is 5.97. The van der Waals surface area contributed by atoms with E-state index in [4.69, 9.17) is 0 Å². The highest BCUT2D eigenvalue weighted by atomic mass is 19.1. The van der Waals surface area contributed by atoms with Gasteiger partial charge in [-0.25, -0.2) is 13.9 Å². The molecule has 4 aromatic rings. The smallest absolute Gasteiger partial charge is 0.162 e. The van der Waals surface area contributed by atoms with Gasteiger partial charge in [0.05, 0.1) is 11.7 Å². The normalized spacial score (nSPS) is 11.4. The molecule has 0 fully saturated rings. The van der Waals surface area contributed by atoms with E-state index in [2.05, 4.69) is 15.1 Å². The van der Waals surface area contributed by atoms with Crippen molar-refractivity contribution in [1.82, 2.24) is 19.6 Å². The van der Waals surface area contributed by atoms with Crippen LogP contribution in [-0.4, -0.2) is 19.6 Å². The van der Waals surface area contributed by atoms with Gasteiger partial charge in [-0.1, -0.05) is 0 Å². The molecule has 0 radical (unpaired) electrons. The molecule has 0 aliphatic carbocycles. The van der Waals surface area contributed by atoms with Gasteiger partial charge >= 0.3 is 0 Å². The van der Waals surface area contributed by atoms with Crippen LogP contribution in [-0.2, 0) is 0 Å². The molecule has 0 saturated carbocycles. The lowest BCUT2D eigenvalue weighted by Gasteiger charge is -2.07. The van der Waals surface area contributed by atoms with Crippen LogP contribution in [0.1, 0.15) is 11.3 Å². The van der Waals surface area contributed by atoms with Gasteiger partial charge in [0, 0.05) is 35.1 Å². The average molecular weight is 292 g/mol. The van der Waals surface area contributed by atoms with E-state index in [0.717, 1.165) is 33.4 Å². The fourth-order valence-corrected chi connectivity index (χ4v) is 2.71. The van der Waals surface area contributed by atoms with E-state index in [0.29, 0.717) is 5.52 Å². The average Bonchev–Trinajstić information content (AvgIpc) is 2.88. The van der Waals surface area contributed by atoms with E-state index in [1.54, 1.807) is 16.8 Å². The minimum absolute atomic E-state index is 0.287. The topological polar surface area (TPSA) is 43.1 Å². The Hall–Kier alpha value is -2.82. The van der Waals surface area contributed by atoms with E-state index in [1.807, 2.05) is 32.3 Å². The third-order valence-corrected chi connectivity index (χ3v) is 3.68. The molecule has 1 aromatic carbocycles. The van der Waals surface area contributed by atoms with Gasteiger partial charge in [0.2, 0.25) is 0 Å². The summed E-state index contributed by atoms with van der Waals surface area (Å²) in [4.78, 5) is 8.89. The van der Waals surface area contributed by atoms with Crippen molar-refractivity contribution in [3.8, 4) is 11.1 Å². The number of hydrogen-bond donors (Lipinski definition) is 0. The summed E-state index contributed by atoms with van der Waals surface area (Å²) in [6.07, 6.45) is 5.54. The summed E-state index contributed by atoms with van der Waals surface area (Å²) < 4.78 is 15.2. The number of aryl methyl sites for hydroxylation is 2. The summed E-state index contributed by atoms with van der Waals surface area (Å²) in [6, 6.07) is 6.64. The highest BCUT2D eigenvalue weighted by Gasteiger charge is 2.13. The Kier molecular flexibility index (Phi) is 2.69. The van der Waals surface area contributed by atoms with Crippen LogP contribution in [0.5, 0.6) is 0 Å². The van der Waals surface area contributed by atoms with Crippen molar-refractivity contribution in [1.29, 1.82) is 0 Å². The molecule has 0 saturated heterocycles. The molecule has 0 spiro atoms. The number of benzene rings is 1. The second-order valence-corrected chi connectivity index (χ2v) is 5.43. The molecule has 4 nitrogen and oxygen atoms in total. The Labute approximate surface area is 126 Å². The largest absolute Gasteiger partial charge is 0.253 e. The van der Waals surface area contributed by atoms with Crippen molar-refractivity contribution in [3.05, 3.63) is 59.9 Å². The number of nitrogens with zero attached hydrogens (tertiary/aromatic N) is 4. The van der Waals surface area contributed by atoms with Crippen LogP contribution < -0.4 is 0 Å². The fraction of sp³-hybridized carbons (Fsp3) is 0.118. The van der Waals surface area contributed by atoms with E-state index >= 15 is 0 Å². The zero-order valence-corrected chi connectivity index (χ0v) is 12.2. The van der Waals surface area contributed by atoms with Crippen LogP contribution in [0, 0.1) is 19.7 Å². The molecule has 0 aliphatic rings. The van der Waals surface area contributed by atoms with Crippen LogP contribution in [0.3, 0.4) is 0 Å². The second-order valence-electron chi connectivity index (χ2n) is 5.43. The standard InChI is InChI=1S/C17H13FN4/c1-10-7-19-17-15(8-20-22(17)9-10)14-5-11(2)21-16-6-12(18)3-4-13(14)16/h3-9H,1-2H3. The van der Waals surface area contributed by atoms with Crippen LogP contribution in [0.4, 0.5) is 4.39 Å². The van der Waals surface area contributed by atoms with Crippen LogP contribution in [0.15, 0.2) is 42.9 Å². The number of halogens is 1. The van der Waals surface area contributed by atoms with Crippen molar-refractivity contribution in [2.45, 2.75) is 13.8 Å². The Morgan fingerprint density at radius 1 is 1.05 bits per heavy atom. The first-order chi connectivity index (χ1) is 10.6. The van der Waals surface area contributed by atoms with Gasteiger partial charge in [-0.15, -0.1) is 0 Å². The Bertz CT molecular complexity index is 1010. The molecule has 3 aromatic heterocycles. The lowest BCUT2D eigenvalue weighted by Crippen LogP contribution is -1.92. The lowest BCUT2D eigenvalue weighted by molar-refractivity contribution is 0.629. The van der Waals surface area contributed by atoms with Gasteiger partial charge in [-0.05, 0) is 43.2 Å². The molecule has 0 N–H and O–H groups in total. The monoisotopic (exact) mass is 292 g/mol. The summed E-state index contributed by atoms with van der Waals surface area (Å²) >= 11 is 0. The first-order valence-corrected chi connectivity index (χ1v) is 6.99. The van der Waals surface area contributed by atoms with E-state index < -0.39 is 0 Å². The predicted octanol–water partition coefficient (Wildman–Crippen LogP) is 3.70. The Morgan fingerprint density at radius 2 is 1.91 bits per heavy atom. The summed E-state index contributed by atoms with van der Waals surface area (Å²) in [7, 11) is 0. The van der Waals surface area contributed by atoms with Gasteiger partial charge in [0.25, 0.3) is 0 Å². The number of aromatic nitrogens is 4. The molecule has 108 valence electrons. The van der Waals surface area contributed by atoms with Gasteiger partial charge in [0.15, 0.2) is 5.65 Å². The fourth-order valence-electron chi connectivity index (χ4n) is 2.71. The van der Waals surface area contributed by atoms with Crippen LogP contribution >= 0.6 is 0 Å². The minimum atomic E-state index is -0.287. The zero-order chi connectivity index (χ0) is 15.3. The van der Waals surface area contributed by atoms with Crippen LogP contribution in [0.25, 0.3) is 27.7 Å². The summed E-state index contributed by atoms with van der Waals surface area (Å²) in [5.41, 5.74) is 5.18. The van der Waals surface area contributed by atoms with Crippen molar-refractivity contribution in [2.75, 3.05) is 0 Å². The quantitative estimate of drug-likeness (QED) is 0.537. The maximum atomic E-state index is 13.5. The first-order valence-electron chi connectivity index (χ1n) is 6.99.